The van der Waals surface area contributed by atoms with Crippen LogP contribution in [0.1, 0.15) is 34.7 Å². The summed E-state index contributed by atoms with van der Waals surface area (Å²) in [7, 11) is 0. The van der Waals surface area contributed by atoms with Crippen molar-refractivity contribution in [3.63, 3.8) is 0 Å². The Bertz CT molecular complexity index is 588. The summed E-state index contributed by atoms with van der Waals surface area (Å²) in [4.78, 5) is 14.4. The second-order valence-electron chi connectivity index (χ2n) is 5.10. The summed E-state index contributed by atoms with van der Waals surface area (Å²) >= 11 is 7.84. The van der Waals surface area contributed by atoms with Gasteiger partial charge in [0.15, 0.2) is 0 Å². The van der Waals surface area contributed by atoms with Crippen molar-refractivity contribution in [2.75, 3.05) is 13.1 Å². The van der Waals surface area contributed by atoms with Gasteiger partial charge in [0.05, 0.1) is 10.6 Å². The predicted octanol–water partition coefficient (Wildman–Crippen LogP) is 4.42. The summed E-state index contributed by atoms with van der Waals surface area (Å²) in [6.07, 6.45) is 2.07. The lowest BCUT2D eigenvalue weighted by Crippen LogP contribution is -2.38. The van der Waals surface area contributed by atoms with Gasteiger partial charge in [0.1, 0.15) is 0 Å². The Balaban J connectivity index is 1.66. The first-order chi connectivity index (χ1) is 9.75. The van der Waals surface area contributed by atoms with Gasteiger partial charge in [-0.05, 0) is 53.3 Å². The fourth-order valence-corrected chi connectivity index (χ4v) is 3.69. The summed E-state index contributed by atoms with van der Waals surface area (Å²) in [5, 5.41) is 4.88. The van der Waals surface area contributed by atoms with Crippen molar-refractivity contribution in [3.8, 4) is 0 Å². The van der Waals surface area contributed by atoms with E-state index in [9.17, 15) is 4.79 Å². The smallest absolute Gasteiger partial charge is 0.255 e. The van der Waals surface area contributed by atoms with Crippen molar-refractivity contribution in [2.45, 2.75) is 18.8 Å². The molecule has 0 radical (unpaired) electrons. The molecule has 1 fully saturated rings. The molecular weight excluding hydrogens is 290 g/mol. The van der Waals surface area contributed by atoms with Crippen molar-refractivity contribution >= 4 is 28.8 Å². The molecule has 2 aromatic rings. The fraction of sp³-hybridized carbons (Fsp3) is 0.312. The number of likely N-dealkylation sites (tertiary alicyclic amines) is 1. The van der Waals surface area contributed by atoms with Crippen molar-refractivity contribution in [3.05, 3.63) is 57.2 Å². The van der Waals surface area contributed by atoms with E-state index in [1.807, 2.05) is 17.0 Å². The lowest BCUT2D eigenvalue weighted by molar-refractivity contribution is 0.0713. The number of rotatable bonds is 2. The molecule has 104 valence electrons. The number of hydrogen-bond acceptors (Lipinski definition) is 2. The molecule has 1 aliphatic heterocycles. The first-order valence-electron chi connectivity index (χ1n) is 6.81. The number of benzene rings is 1. The molecule has 1 aromatic heterocycles. The molecule has 0 N–H and O–H groups in total. The number of halogens is 1. The first-order valence-corrected chi connectivity index (χ1v) is 8.13. The molecule has 4 heteroatoms. The lowest BCUT2D eigenvalue weighted by Gasteiger charge is -2.32. The molecule has 3 rings (SSSR count). The van der Waals surface area contributed by atoms with Crippen LogP contribution in [0.2, 0.25) is 5.02 Å². The molecule has 0 bridgehead atoms. The van der Waals surface area contributed by atoms with Gasteiger partial charge in [-0.3, -0.25) is 4.79 Å². The van der Waals surface area contributed by atoms with Crippen LogP contribution in [0.25, 0.3) is 0 Å². The van der Waals surface area contributed by atoms with Crippen LogP contribution in [0.3, 0.4) is 0 Å². The summed E-state index contributed by atoms with van der Waals surface area (Å²) in [6.45, 7) is 1.62. The van der Waals surface area contributed by atoms with E-state index in [-0.39, 0.29) is 5.91 Å². The number of carbonyl (C=O) groups is 1. The van der Waals surface area contributed by atoms with Crippen molar-refractivity contribution in [1.82, 2.24) is 4.90 Å². The van der Waals surface area contributed by atoms with Crippen molar-refractivity contribution < 1.29 is 4.79 Å². The lowest BCUT2D eigenvalue weighted by atomic mass is 9.91. The Labute approximate surface area is 128 Å². The molecule has 2 nitrogen and oxygen atoms in total. The monoisotopic (exact) mass is 305 g/mol. The van der Waals surface area contributed by atoms with Crippen LogP contribution in [0, 0.1) is 0 Å². The molecule has 0 saturated carbocycles. The van der Waals surface area contributed by atoms with Gasteiger partial charge in [-0.15, -0.1) is 0 Å². The summed E-state index contributed by atoms with van der Waals surface area (Å²) in [5.41, 5.74) is 2.03. The van der Waals surface area contributed by atoms with E-state index >= 15 is 0 Å². The Morgan fingerprint density at radius 2 is 1.95 bits per heavy atom. The summed E-state index contributed by atoms with van der Waals surface area (Å²) < 4.78 is 0. The predicted molar refractivity (Wildman–Crippen MR) is 83.6 cm³/mol. The number of piperidine rings is 1. The van der Waals surface area contributed by atoms with Gasteiger partial charge in [0.25, 0.3) is 5.91 Å². The Morgan fingerprint density at radius 1 is 1.20 bits per heavy atom. The third kappa shape index (κ3) is 2.74. The van der Waals surface area contributed by atoms with Crippen LogP contribution < -0.4 is 0 Å². The van der Waals surface area contributed by atoms with Gasteiger partial charge in [0, 0.05) is 13.1 Å². The first kappa shape index (κ1) is 13.7. The number of amides is 1. The van der Waals surface area contributed by atoms with Crippen LogP contribution in [-0.2, 0) is 0 Å². The van der Waals surface area contributed by atoms with Gasteiger partial charge < -0.3 is 4.90 Å². The van der Waals surface area contributed by atoms with Gasteiger partial charge >= 0.3 is 0 Å². The van der Waals surface area contributed by atoms with Gasteiger partial charge in [-0.2, -0.15) is 11.3 Å². The summed E-state index contributed by atoms with van der Waals surface area (Å²) in [5.74, 6) is 0.649. The van der Waals surface area contributed by atoms with E-state index in [0.717, 1.165) is 25.9 Å². The van der Waals surface area contributed by atoms with Crippen LogP contribution >= 0.6 is 22.9 Å². The average Bonchev–Trinajstić information content (AvgIpc) is 3.01. The van der Waals surface area contributed by atoms with Gasteiger partial charge in [0.2, 0.25) is 0 Å². The molecule has 0 unspecified atom stereocenters. The highest BCUT2D eigenvalue weighted by Gasteiger charge is 2.25. The maximum atomic E-state index is 12.5. The van der Waals surface area contributed by atoms with Crippen molar-refractivity contribution in [1.29, 1.82) is 0 Å². The third-order valence-electron chi connectivity index (χ3n) is 3.90. The minimum absolute atomic E-state index is 0.0550. The second kappa shape index (κ2) is 5.98. The molecule has 0 atom stereocenters. The number of thiophene rings is 1. The topological polar surface area (TPSA) is 20.3 Å². The zero-order valence-corrected chi connectivity index (χ0v) is 12.7. The molecule has 0 aliphatic carbocycles. The Kier molecular flexibility index (Phi) is 4.08. The van der Waals surface area contributed by atoms with E-state index in [1.54, 1.807) is 23.5 Å². The Hall–Kier alpha value is -1.32. The number of carbonyl (C=O) groups excluding carboxylic acids is 1. The van der Waals surface area contributed by atoms with Crippen LogP contribution in [-0.4, -0.2) is 23.9 Å². The fourth-order valence-electron chi connectivity index (χ4n) is 2.73. The minimum atomic E-state index is 0.0550. The highest BCUT2D eigenvalue weighted by atomic mass is 35.5. The third-order valence-corrected chi connectivity index (χ3v) is 4.93. The van der Waals surface area contributed by atoms with E-state index in [4.69, 9.17) is 11.6 Å². The number of hydrogen-bond donors (Lipinski definition) is 0. The highest BCUT2D eigenvalue weighted by Crippen LogP contribution is 2.30. The molecule has 1 saturated heterocycles. The molecule has 1 aromatic carbocycles. The van der Waals surface area contributed by atoms with E-state index in [2.05, 4.69) is 16.8 Å². The largest absolute Gasteiger partial charge is 0.339 e. The molecule has 20 heavy (non-hydrogen) atoms. The minimum Gasteiger partial charge on any atom is -0.339 e. The SMILES string of the molecule is O=C(c1ccccc1Cl)N1CCC(c2ccsc2)CC1. The molecule has 2 heterocycles. The summed E-state index contributed by atoms with van der Waals surface area (Å²) in [6, 6.07) is 9.47. The zero-order chi connectivity index (χ0) is 13.9. The van der Waals surface area contributed by atoms with Crippen LogP contribution in [0.15, 0.2) is 41.1 Å². The van der Waals surface area contributed by atoms with E-state index in [0.29, 0.717) is 16.5 Å². The Morgan fingerprint density at radius 3 is 2.60 bits per heavy atom. The average molecular weight is 306 g/mol. The molecule has 0 spiro atoms. The van der Waals surface area contributed by atoms with E-state index < -0.39 is 0 Å². The normalized spacial score (nSPS) is 16.4. The molecule has 1 aliphatic rings. The van der Waals surface area contributed by atoms with E-state index in [1.165, 1.54) is 5.56 Å². The zero-order valence-electron chi connectivity index (χ0n) is 11.1. The van der Waals surface area contributed by atoms with Crippen LogP contribution in [0.4, 0.5) is 0 Å². The molecular formula is C16H16ClNOS. The standard InChI is InChI=1S/C16H16ClNOS/c17-15-4-2-1-3-14(15)16(19)18-8-5-12(6-9-18)13-7-10-20-11-13/h1-4,7,10-12H,5-6,8-9H2. The van der Waals surface area contributed by atoms with Crippen LogP contribution in [0.5, 0.6) is 0 Å². The maximum absolute atomic E-state index is 12.5. The van der Waals surface area contributed by atoms with Crippen molar-refractivity contribution in [2.24, 2.45) is 0 Å². The molecule has 1 amide bonds. The van der Waals surface area contributed by atoms with Gasteiger partial charge in [-0.25, -0.2) is 0 Å². The highest BCUT2D eigenvalue weighted by molar-refractivity contribution is 7.07. The quantitative estimate of drug-likeness (QED) is 0.804. The second-order valence-corrected chi connectivity index (χ2v) is 6.29. The van der Waals surface area contributed by atoms with Gasteiger partial charge in [-0.1, -0.05) is 23.7 Å². The number of nitrogens with zero attached hydrogens (tertiary/aromatic N) is 1. The maximum Gasteiger partial charge on any atom is 0.255 e.